The summed E-state index contributed by atoms with van der Waals surface area (Å²) in [6, 6.07) is 13.1. The molecule has 4 rings (SSSR count). The largest absolute Gasteiger partial charge is 0.252 e. The second-order valence-electron chi connectivity index (χ2n) is 7.68. The van der Waals surface area contributed by atoms with Crippen LogP contribution in [0.25, 0.3) is 22.5 Å². The molecule has 0 bridgehead atoms. The van der Waals surface area contributed by atoms with Crippen molar-refractivity contribution < 1.29 is 8.78 Å². The van der Waals surface area contributed by atoms with Crippen molar-refractivity contribution in [3.8, 4) is 22.5 Å². The molecule has 0 spiro atoms. The van der Waals surface area contributed by atoms with E-state index in [2.05, 4.69) is 41.8 Å². The monoisotopic (exact) mass is 612 g/mol. The molecule has 0 aliphatic heterocycles. The minimum atomic E-state index is -0.732. The highest BCUT2D eigenvalue weighted by Gasteiger charge is 2.29. The third-order valence-electron chi connectivity index (χ3n) is 5.04. The van der Waals surface area contributed by atoms with Crippen LogP contribution < -0.4 is 0 Å². The van der Waals surface area contributed by atoms with E-state index in [0.717, 1.165) is 0 Å². The lowest BCUT2D eigenvalue weighted by atomic mass is 9.84. The Morgan fingerprint density at radius 2 is 1.06 bits per heavy atom. The Morgan fingerprint density at radius 1 is 0.667 bits per heavy atom. The second kappa shape index (κ2) is 9.33. The van der Waals surface area contributed by atoms with Gasteiger partial charge in [0.2, 0.25) is 11.9 Å². The van der Waals surface area contributed by atoms with Crippen LogP contribution in [0.1, 0.15) is 25.2 Å². The van der Waals surface area contributed by atoms with Gasteiger partial charge in [0.15, 0.2) is 0 Å². The van der Waals surface area contributed by atoms with E-state index < -0.39 is 17.3 Å². The number of aromatic nitrogens is 4. The Balaban J connectivity index is 1.83. The molecular weight excluding hydrogens is 601 g/mol. The summed E-state index contributed by atoms with van der Waals surface area (Å²) < 4.78 is 30.3. The van der Waals surface area contributed by atoms with Crippen molar-refractivity contribution >= 4 is 55.1 Å². The first-order valence-corrected chi connectivity index (χ1v) is 11.9. The van der Waals surface area contributed by atoms with E-state index in [4.69, 9.17) is 33.2 Å². The van der Waals surface area contributed by atoms with Crippen LogP contribution in [0.15, 0.2) is 57.5 Å². The molecule has 33 heavy (non-hydrogen) atoms. The zero-order valence-electron chi connectivity index (χ0n) is 17.2. The molecule has 0 aromatic carbocycles. The van der Waals surface area contributed by atoms with Gasteiger partial charge in [-0.3, -0.25) is 9.97 Å². The lowest BCUT2D eigenvalue weighted by molar-refractivity contribution is 0.581. The predicted molar refractivity (Wildman–Crippen MR) is 132 cm³/mol. The Hall–Kier alpha value is -2.00. The van der Waals surface area contributed by atoms with Crippen molar-refractivity contribution in [1.29, 1.82) is 0 Å². The molecule has 0 aliphatic rings. The van der Waals surface area contributed by atoms with Gasteiger partial charge in [-0.25, -0.2) is 9.97 Å². The van der Waals surface area contributed by atoms with E-state index in [1.54, 1.807) is 12.1 Å². The molecule has 0 saturated carbocycles. The molecule has 0 aliphatic carbocycles. The molecular formula is C23H14Br2Cl2F2N4. The van der Waals surface area contributed by atoms with Crippen molar-refractivity contribution in [3.05, 3.63) is 91.1 Å². The van der Waals surface area contributed by atoms with E-state index in [1.165, 1.54) is 24.3 Å². The van der Waals surface area contributed by atoms with Crippen molar-refractivity contribution in [2.45, 2.75) is 19.3 Å². The molecule has 0 unspecified atom stereocenters. The van der Waals surface area contributed by atoms with E-state index in [-0.39, 0.29) is 21.4 Å². The van der Waals surface area contributed by atoms with Crippen LogP contribution in [0, 0.1) is 11.9 Å². The molecule has 4 aromatic heterocycles. The zero-order valence-corrected chi connectivity index (χ0v) is 21.9. The molecule has 0 amide bonds. The van der Waals surface area contributed by atoms with Crippen molar-refractivity contribution in [2.75, 3.05) is 0 Å². The maximum absolute atomic E-state index is 14.5. The van der Waals surface area contributed by atoms with Crippen LogP contribution in [-0.2, 0) is 5.41 Å². The van der Waals surface area contributed by atoms with Gasteiger partial charge in [0.25, 0.3) is 0 Å². The Morgan fingerprint density at radius 3 is 1.42 bits per heavy atom. The van der Waals surface area contributed by atoms with Gasteiger partial charge in [-0.2, -0.15) is 8.78 Å². The lowest BCUT2D eigenvalue weighted by Crippen LogP contribution is -2.23. The van der Waals surface area contributed by atoms with Crippen LogP contribution in [0.2, 0.25) is 10.3 Å². The normalized spacial score (nSPS) is 11.6. The Bertz CT molecular complexity index is 1280. The highest BCUT2D eigenvalue weighted by Crippen LogP contribution is 2.36. The van der Waals surface area contributed by atoms with Crippen LogP contribution in [0.5, 0.6) is 0 Å². The highest BCUT2D eigenvalue weighted by atomic mass is 79.9. The molecule has 168 valence electrons. The molecule has 0 atom stereocenters. The Labute approximate surface area is 215 Å². The van der Waals surface area contributed by atoms with E-state index in [0.29, 0.717) is 31.7 Å². The first kappa shape index (κ1) is 24.1. The average Bonchev–Trinajstić information content (AvgIpc) is 2.72. The van der Waals surface area contributed by atoms with Gasteiger partial charge in [-0.05, 0) is 62.4 Å². The van der Waals surface area contributed by atoms with Crippen LogP contribution in [0.4, 0.5) is 8.78 Å². The van der Waals surface area contributed by atoms with Crippen molar-refractivity contribution in [2.24, 2.45) is 0 Å². The quantitative estimate of drug-likeness (QED) is 0.218. The van der Waals surface area contributed by atoms with Gasteiger partial charge < -0.3 is 0 Å². The summed E-state index contributed by atoms with van der Waals surface area (Å²) >= 11 is 18.5. The zero-order chi connectivity index (χ0) is 23.9. The van der Waals surface area contributed by atoms with E-state index >= 15 is 0 Å². The fourth-order valence-corrected chi connectivity index (χ4v) is 4.39. The molecule has 4 aromatic rings. The smallest absolute Gasteiger partial charge is 0.223 e. The van der Waals surface area contributed by atoms with Gasteiger partial charge in [-0.1, -0.05) is 55.1 Å². The van der Waals surface area contributed by atoms with Crippen molar-refractivity contribution in [3.63, 3.8) is 0 Å². The van der Waals surface area contributed by atoms with Gasteiger partial charge in [0, 0.05) is 14.4 Å². The van der Waals surface area contributed by atoms with Crippen molar-refractivity contribution in [1.82, 2.24) is 19.9 Å². The molecule has 0 saturated heterocycles. The summed E-state index contributed by atoms with van der Waals surface area (Å²) in [5.41, 5.74) is 1.71. The molecule has 4 heterocycles. The van der Waals surface area contributed by atoms with Gasteiger partial charge >= 0.3 is 0 Å². The van der Waals surface area contributed by atoms with Crippen LogP contribution in [0.3, 0.4) is 0 Å². The average molecular weight is 615 g/mol. The number of nitrogens with zero attached hydrogens (tertiary/aromatic N) is 4. The predicted octanol–water partition coefficient (Wildman–Crippen LogP) is 8.04. The third kappa shape index (κ3) is 5.09. The summed E-state index contributed by atoms with van der Waals surface area (Å²) in [4.78, 5) is 16.7. The molecule has 0 radical (unpaired) electrons. The topological polar surface area (TPSA) is 51.6 Å². The fourth-order valence-electron chi connectivity index (χ4n) is 3.25. The molecule has 4 nitrogen and oxygen atoms in total. The van der Waals surface area contributed by atoms with E-state index in [1.807, 2.05) is 26.0 Å². The summed E-state index contributed by atoms with van der Waals surface area (Å²) in [7, 11) is 0. The van der Waals surface area contributed by atoms with Crippen LogP contribution in [-0.4, -0.2) is 19.9 Å². The number of pyridine rings is 4. The molecule has 10 heteroatoms. The highest BCUT2D eigenvalue weighted by molar-refractivity contribution is 9.10. The lowest BCUT2D eigenvalue weighted by Gasteiger charge is -2.25. The van der Waals surface area contributed by atoms with Gasteiger partial charge in [0.1, 0.15) is 10.3 Å². The minimum absolute atomic E-state index is 0.0570. The second-order valence-corrected chi connectivity index (χ2v) is 10.3. The van der Waals surface area contributed by atoms with Crippen LogP contribution >= 0.6 is 55.1 Å². The standard InChI is InChI=1S/C23H14Br2Cl2F2N4/c1-23(2,17-9-11(24)7-15(30-17)13-3-5-19(26)32-21(13)28)18-10-12(25)8-16(31-18)14-4-6-20(27)33-22(14)29/h3-10H,1-2H3. The molecule has 0 N–H and O–H groups in total. The summed E-state index contributed by atoms with van der Waals surface area (Å²) in [5, 5.41) is 0.114. The number of hydrogen-bond donors (Lipinski definition) is 0. The maximum atomic E-state index is 14.5. The third-order valence-corrected chi connectivity index (χ3v) is 6.38. The fraction of sp³-hybridized carbons (Fsp3) is 0.130. The first-order chi connectivity index (χ1) is 15.5. The number of halogens is 6. The number of rotatable bonds is 4. The Kier molecular flexibility index (Phi) is 6.82. The maximum Gasteiger partial charge on any atom is 0.223 e. The molecule has 0 fully saturated rings. The number of hydrogen-bond acceptors (Lipinski definition) is 4. The SMILES string of the molecule is CC(C)(c1cc(Br)cc(-c2ccc(Cl)nc2F)n1)c1cc(Br)cc(-c2ccc(Cl)nc2F)n1. The summed E-state index contributed by atoms with van der Waals surface area (Å²) in [6.45, 7) is 3.86. The van der Waals surface area contributed by atoms with E-state index in [9.17, 15) is 8.78 Å². The van der Waals surface area contributed by atoms with Gasteiger partial charge in [-0.15, -0.1) is 0 Å². The van der Waals surface area contributed by atoms with Gasteiger partial charge in [0.05, 0.1) is 33.9 Å². The first-order valence-electron chi connectivity index (χ1n) is 9.55. The summed E-state index contributed by atoms with van der Waals surface area (Å²) in [5.74, 6) is -1.43. The summed E-state index contributed by atoms with van der Waals surface area (Å²) in [6.07, 6.45) is 0. The minimum Gasteiger partial charge on any atom is -0.252 e.